The minimum absolute atomic E-state index is 0.0429. The number of hydrogen-bond acceptors (Lipinski definition) is 2. The van der Waals surface area contributed by atoms with Gasteiger partial charge in [-0.25, -0.2) is 4.79 Å². The standard InChI is InChI=1S/C24H24O3/c1-23(2)13-14-24(3,4)20-15-18(10-11-19(20)23)21(25)12-7-16-5-8-17(9-6-16)22(26)27/h5-6,8-11,15H,13-14H2,1-4H3,(H,26,27). The zero-order valence-corrected chi connectivity index (χ0v) is 16.2. The molecular formula is C24H24O3. The van der Waals surface area contributed by atoms with Gasteiger partial charge in [-0.2, -0.15) is 0 Å². The number of aromatic carboxylic acids is 1. The Kier molecular flexibility index (Phi) is 4.70. The number of carboxylic acids is 1. The predicted octanol–water partition coefficient (Wildman–Crippen LogP) is 4.97. The monoisotopic (exact) mass is 360 g/mol. The maximum Gasteiger partial charge on any atom is 0.335 e. The van der Waals surface area contributed by atoms with Gasteiger partial charge in [-0.05, 0) is 71.1 Å². The van der Waals surface area contributed by atoms with Crippen LogP contribution in [0.5, 0.6) is 0 Å². The summed E-state index contributed by atoms with van der Waals surface area (Å²) < 4.78 is 0. The molecule has 1 N–H and O–H groups in total. The van der Waals surface area contributed by atoms with Crippen LogP contribution in [0.15, 0.2) is 42.5 Å². The molecule has 0 amide bonds. The zero-order chi connectivity index (χ0) is 19.8. The van der Waals surface area contributed by atoms with Crippen LogP contribution < -0.4 is 0 Å². The molecule has 0 fully saturated rings. The summed E-state index contributed by atoms with van der Waals surface area (Å²) in [4.78, 5) is 23.5. The second-order valence-corrected chi connectivity index (χ2v) is 8.49. The average Bonchev–Trinajstić information content (AvgIpc) is 2.63. The van der Waals surface area contributed by atoms with Gasteiger partial charge in [0.15, 0.2) is 0 Å². The third-order valence-corrected chi connectivity index (χ3v) is 5.57. The van der Waals surface area contributed by atoms with E-state index < -0.39 is 5.97 Å². The highest BCUT2D eigenvalue weighted by Gasteiger charge is 2.37. The minimum atomic E-state index is -0.981. The van der Waals surface area contributed by atoms with Crippen molar-refractivity contribution < 1.29 is 14.7 Å². The van der Waals surface area contributed by atoms with Gasteiger partial charge in [0.05, 0.1) is 5.56 Å². The lowest BCUT2D eigenvalue weighted by molar-refractivity contribution is 0.0696. The van der Waals surface area contributed by atoms with Crippen molar-refractivity contribution in [1.29, 1.82) is 0 Å². The van der Waals surface area contributed by atoms with Crippen LogP contribution in [0, 0.1) is 11.8 Å². The lowest BCUT2D eigenvalue weighted by Crippen LogP contribution is -2.34. The van der Waals surface area contributed by atoms with Crippen molar-refractivity contribution in [2.45, 2.75) is 51.4 Å². The first kappa shape index (κ1) is 18.9. The summed E-state index contributed by atoms with van der Waals surface area (Å²) in [5.41, 5.74) is 4.13. The van der Waals surface area contributed by atoms with E-state index in [0.717, 1.165) is 12.8 Å². The Bertz CT molecular complexity index is 967. The van der Waals surface area contributed by atoms with Crippen molar-refractivity contribution in [2.24, 2.45) is 0 Å². The normalized spacial score (nSPS) is 16.6. The molecule has 27 heavy (non-hydrogen) atoms. The van der Waals surface area contributed by atoms with E-state index in [0.29, 0.717) is 11.1 Å². The first-order valence-electron chi connectivity index (χ1n) is 9.15. The fourth-order valence-corrected chi connectivity index (χ4v) is 3.63. The molecule has 0 spiro atoms. The number of carbonyl (C=O) groups is 2. The summed E-state index contributed by atoms with van der Waals surface area (Å²) in [7, 11) is 0. The molecule has 1 aliphatic carbocycles. The van der Waals surface area contributed by atoms with E-state index in [1.807, 2.05) is 12.1 Å². The van der Waals surface area contributed by atoms with E-state index in [9.17, 15) is 9.59 Å². The SMILES string of the molecule is CC1(C)CCC(C)(C)c2cc(C(=O)C#Cc3ccc(C(=O)O)cc3)ccc21. The van der Waals surface area contributed by atoms with Crippen LogP contribution in [0.25, 0.3) is 0 Å². The van der Waals surface area contributed by atoms with Gasteiger partial charge >= 0.3 is 5.97 Å². The number of rotatable bonds is 2. The lowest BCUT2D eigenvalue weighted by atomic mass is 9.63. The number of Topliss-reactive ketones (excluding diaryl/α,β-unsaturated/α-hetero) is 1. The van der Waals surface area contributed by atoms with Crippen molar-refractivity contribution in [1.82, 2.24) is 0 Å². The maximum absolute atomic E-state index is 12.6. The predicted molar refractivity (Wildman–Crippen MR) is 106 cm³/mol. The molecule has 1 aliphatic rings. The second-order valence-electron chi connectivity index (χ2n) is 8.49. The highest BCUT2D eigenvalue weighted by molar-refractivity contribution is 6.09. The molecule has 0 saturated carbocycles. The first-order valence-corrected chi connectivity index (χ1v) is 9.15. The number of hydrogen-bond donors (Lipinski definition) is 1. The van der Waals surface area contributed by atoms with Crippen LogP contribution in [0.2, 0.25) is 0 Å². The topological polar surface area (TPSA) is 54.4 Å². The summed E-state index contributed by atoms with van der Waals surface area (Å²) in [5, 5.41) is 8.93. The Labute approximate surface area is 160 Å². The minimum Gasteiger partial charge on any atom is -0.478 e. The van der Waals surface area contributed by atoms with Crippen LogP contribution in [0.1, 0.15) is 77.9 Å². The molecule has 0 aromatic heterocycles. The number of carbonyl (C=O) groups excluding carboxylic acids is 1. The van der Waals surface area contributed by atoms with Gasteiger partial charge < -0.3 is 5.11 Å². The van der Waals surface area contributed by atoms with Gasteiger partial charge in [0.1, 0.15) is 0 Å². The van der Waals surface area contributed by atoms with Crippen LogP contribution in [-0.2, 0) is 10.8 Å². The number of fused-ring (bicyclic) bond motifs is 1. The Morgan fingerprint density at radius 2 is 1.41 bits per heavy atom. The molecular weight excluding hydrogens is 336 g/mol. The Morgan fingerprint density at radius 3 is 2.00 bits per heavy atom. The van der Waals surface area contributed by atoms with Crippen LogP contribution in [0.4, 0.5) is 0 Å². The summed E-state index contributed by atoms with van der Waals surface area (Å²) in [6, 6.07) is 12.1. The Morgan fingerprint density at radius 1 is 0.852 bits per heavy atom. The largest absolute Gasteiger partial charge is 0.478 e. The molecule has 0 bridgehead atoms. The van der Waals surface area contributed by atoms with E-state index in [1.165, 1.54) is 23.3 Å². The highest BCUT2D eigenvalue weighted by Crippen LogP contribution is 2.45. The van der Waals surface area contributed by atoms with Crippen molar-refractivity contribution in [3.05, 3.63) is 70.3 Å². The van der Waals surface area contributed by atoms with Gasteiger partial charge in [-0.1, -0.05) is 45.7 Å². The van der Waals surface area contributed by atoms with Crippen LogP contribution in [0.3, 0.4) is 0 Å². The fourth-order valence-electron chi connectivity index (χ4n) is 3.63. The molecule has 0 saturated heterocycles. The van der Waals surface area contributed by atoms with Gasteiger partial charge in [-0.3, -0.25) is 4.79 Å². The average molecular weight is 360 g/mol. The zero-order valence-electron chi connectivity index (χ0n) is 16.2. The van der Waals surface area contributed by atoms with Crippen LogP contribution in [-0.4, -0.2) is 16.9 Å². The number of carboxylic acid groups (broad SMARTS) is 1. The number of benzene rings is 2. The van der Waals surface area contributed by atoms with Crippen molar-refractivity contribution in [3.8, 4) is 11.8 Å². The quantitative estimate of drug-likeness (QED) is 0.608. The van der Waals surface area contributed by atoms with Gasteiger partial charge in [0.25, 0.3) is 0 Å². The molecule has 0 heterocycles. The summed E-state index contributed by atoms with van der Waals surface area (Å²) >= 11 is 0. The highest BCUT2D eigenvalue weighted by atomic mass is 16.4. The molecule has 2 aromatic carbocycles. The third kappa shape index (κ3) is 3.80. The molecule has 2 aromatic rings. The number of ketones is 1. The van der Waals surface area contributed by atoms with E-state index >= 15 is 0 Å². The van der Waals surface area contributed by atoms with Crippen molar-refractivity contribution in [3.63, 3.8) is 0 Å². The molecule has 138 valence electrons. The maximum atomic E-state index is 12.6. The lowest BCUT2D eigenvalue weighted by Gasteiger charge is -2.42. The summed E-state index contributed by atoms with van der Waals surface area (Å²) in [6.07, 6.45) is 2.22. The molecule has 0 radical (unpaired) electrons. The molecule has 3 heteroatoms. The van der Waals surface area contributed by atoms with Crippen LogP contribution >= 0.6 is 0 Å². The van der Waals surface area contributed by atoms with E-state index in [4.69, 9.17) is 5.11 Å². The van der Waals surface area contributed by atoms with Gasteiger partial charge in [0, 0.05) is 11.1 Å². The van der Waals surface area contributed by atoms with Gasteiger partial charge in [0.2, 0.25) is 5.78 Å². The van der Waals surface area contributed by atoms with E-state index in [-0.39, 0.29) is 22.2 Å². The van der Waals surface area contributed by atoms with Gasteiger partial charge in [-0.15, -0.1) is 0 Å². The van der Waals surface area contributed by atoms with Crippen molar-refractivity contribution >= 4 is 11.8 Å². The molecule has 0 aliphatic heterocycles. The Hall–Kier alpha value is -2.86. The first-order chi connectivity index (χ1) is 12.6. The summed E-state index contributed by atoms with van der Waals surface area (Å²) in [6.45, 7) is 8.96. The molecule has 3 rings (SSSR count). The second kappa shape index (κ2) is 6.70. The molecule has 3 nitrogen and oxygen atoms in total. The molecule has 0 atom stereocenters. The third-order valence-electron chi connectivity index (χ3n) is 5.57. The fraction of sp³-hybridized carbons (Fsp3) is 0.333. The Balaban J connectivity index is 1.90. The van der Waals surface area contributed by atoms with Crippen molar-refractivity contribution in [2.75, 3.05) is 0 Å². The van der Waals surface area contributed by atoms with E-state index in [1.54, 1.807) is 12.1 Å². The summed E-state index contributed by atoms with van der Waals surface area (Å²) in [5.74, 6) is 4.31. The smallest absolute Gasteiger partial charge is 0.335 e. The molecule has 0 unspecified atom stereocenters. The van der Waals surface area contributed by atoms with E-state index in [2.05, 4.69) is 45.6 Å².